The summed E-state index contributed by atoms with van der Waals surface area (Å²) in [6.07, 6.45) is 5.39. The maximum Gasteiger partial charge on any atom is 0.145 e. The minimum Gasteiger partial charge on any atom is -0.364 e. The van der Waals surface area contributed by atoms with Crippen molar-refractivity contribution in [3.63, 3.8) is 0 Å². The molecule has 6 nitrogen and oxygen atoms in total. The van der Waals surface area contributed by atoms with Gasteiger partial charge in [-0.15, -0.1) is 0 Å². The van der Waals surface area contributed by atoms with E-state index in [9.17, 15) is 0 Å². The average molecular weight is 266 g/mol. The number of hydrogen-bond acceptors (Lipinski definition) is 5. The van der Waals surface area contributed by atoms with E-state index in [-0.39, 0.29) is 0 Å². The van der Waals surface area contributed by atoms with Gasteiger partial charge in [-0.25, -0.2) is 14.6 Å². The number of benzene rings is 1. The molecule has 0 fully saturated rings. The summed E-state index contributed by atoms with van der Waals surface area (Å²) >= 11 is 0. The summed E-state index contributed by atoms with van der Waals surface area (Å²) in [5, 5.41) is 7.67. The lowest BCUT2D eigenvalue weighted by atomic mass is 10.1. The Kier molecular flexibility index (Phi) is 2.58. The number of fused-ring (bicyclic) bond motifs is 2. The number of aryl methyl sites for hydroxylation is 1. The van der Waals surface area contributed by atoms with Gasteiger partial charge in [0.25, 0.3) is 0 Å². The summed E-state index contributed by atoms with van der Waals surface area (Å²) < 4.78 is 1.95. The third-order valence-electron chi connectivity index (χ3n) is 3.61. The molecule has 0 radical (unpaired) electrons. The number of nitrogens with zero attached hydrogens (tertiary/aromatic N) is 5. The molecule has 4 rings (SSSR count). The van der Waals surface area contributed by atoms with E-state index in [1.165, 1.54) is 0 Å². The van der Waals surface area contributed by atoms with E-state index < -0.39 is 0 Å². The topological polar surface area (TPSA) is 68.5 Å². The second-order valence-electron chi connectivity index (χ2n) is 4.98. The Balaban J connectivity index is 1.56. The van der Waals surface area contributed by atoms with Crippen LogP contribution in [-0.4, -0.2) is 30.8 Å². The van der Waals surface area contributed by atoms with Crippen molar-refractivity contribution >= 4 is 16.9 Å². The molecule has 2 aromatic heterocycles. The lowest BCUT2D eigenvalue weighted by Gasteiger charge is -2.23. The summed E-state index contributed by atoms with van der Waals surface area (Å²) in [7, 11) is 0. The number of aromatic nitrogens is 5. The van der Waals surface area contributed by atoms with Crippen molar-refractivity contribution in [3.8, 4) is 0 Å². The Hall–Kier alpha value is -2.50. The molecule has 0 bridgehead atoms. The minimum absolute atomic E-state index is 0.319. The van der Waals surface area contributed by atoms with Crippen LogP contribution >= 0.6 is 0 Å². The Bertz CT molecular complexity index is 750. The fraction of sp³-hybridized carbons (Fsp3) is 0.286. The van der Waals surface area contributed by atoms with Gasteiger partial charge in [-0.05, 0) is 18.6 Å². The van der Waals surface area contributed by atoms with E-state index in [0.717, 1.165) is 42.1 Å². The van der Waals surface area contributed by atoms with Crippen LogP contribution in [0, 0.1) is 0 Å². The number of para-hydroxylation sites is 2. The number of anilines is 1. The van der Waals surface area contributed by atoms with E-state index in [1.54, 1.807) is 12.5 Å². The van der Waals surface area contributed by atoms with E-state index in [2.05, 4.69) is 25.4 Å². The Morgan fingerprint density at radius 2 is 2.05 bits per heavy atom. The first-order valence-corrected chi connectivity index (χ1v) is 6.73. The van der Waals surface area contributed by atoms with E-state index >= 15 is 0 Å². The zero-order valence-electron chi connectivity index (χ0n) is 10.9. The lowest BCUT2D eigenvalue weighted by molar-refractivity contribution is 0.441. The maximum absolute atomic E-state index is 4.59. The first-order valence-electron chi connectivity index (χ1n) is 6.73. The van der Waals surface area contributed by atoms with Gasteiger partial charge in [0.15, 0.2) is 0 Å². The highest BCUT2D eigenvalue weighted by Gasteiger charge is 2.19. The molecule has 1 aromatic carbocycles. The van der Waals surface area contributed by atoms with E-state index in [0.29, 0.717) is 6.04 Å². The first-order chi connectivity index (χ1) is 9.88. The smallest absolute Gasteiger partial charge is 0.145 e. The molecule has 0 saturated carbocycles. The highest BCUT2D eigenvalue weighted by molar-refractivity contribution is 5.75. The van der Waals surface area contributed by atoms with Crippen molar-refractivity contribution in [3.05, 3.63) is 42.6 Å². The molecule has 0 amide bonds. The Morgan fingerprint density at radius 1 is 1.15 bits per heavy atom. The highest BCUT2D eigenvalue weighted by atomic mass is 15.3. The van der Waals surface area contributed by atoms with E-state index in [1.807, 2.05) is 28.9 Å². The number of nitrogens with one attached hydrogen (secondary N) is 1. The third kappa shape index (κ3) is 1.99. The summed E-state index contributed by atoms with van der Waals surface area (Å²) in [6, 6.07) is 8.21. The van der Waals surface area contributed by atoms with Crippen LogP contribution in [0.15, 0.2) is 36.8 Å². The van der Waals surface area contributed by atoms with Crippen molar-refractivity contribution in [1.29, 1.82) is 0 Å². The van der Waals surface area contributed by atoms with Gasteiger partial charge < -0.3 is 5.32 Å². The van der Waals surface area contributed by atoms with Gasteiger partial charge in [0, 0.05) is 12.5 Å². The Morgan fingerprint density at radius 3 is 3.00 bits per heavy atom. The summed E-state index contributed by atoms with van der Waals surface area (Å²) in [4.78, 5) is 13.3. The summed E-state index contributed by atoms with van der Waals surface area (Å²) in [6.45, 7) is 0.823. The lowest BCUT2D eigenvalue weighted by Crippen LogP contribution is -2.32. The highest BCUT2D eigenvalue weighted by Crippen LogP contribution is 2.17. The molecule has 0 unspecified atom stereocenters. The predicted molar refractivity (Wildman–Crippen MR) is 75.3 cm³/mol. The van der Waals surface area contributed by atoms with Gasteiger partial charge in [0.05, 0.1) is 23.8 Å². The van der Waals surface area contributed by atoms with Crippen molar-refractivity contribution in [2.24, 2.45) is 0 Å². The predicted octanol–water partition coefficient (Wildman–Crippen LogP) is 1.65. The van der Waals surface area contributed by atoms with Crippen LogP contribution in [0.4, 0.5) is 5.82 Å². The molecular formula is C14H14N6. The molecule has 0 saturated heterocycles. The van der Waals surface area contributed by atoms with Crippen LogP contribution in [0.2, 0.25) is 0 Å². The SMILES string of the molecule is c1ccc2nc(N[C@@H]3CCc4ncnn4C3)cnc2c1. The molecular weight excluding hydrogens is 252 g/mol. The number of hydrogen-bond donors (Lipinski definition) is 1. The molecule has 1 atom stereocenters. The van der Waals surface area contributed by atoms with Crippen molar-refractivity contribution in [1.82, 2.24) is 24.7 Å². The quantitative estimate of drug-likeness (QED) is 0.763. The first kappa shape index (κ1) is 11.3. The minimum atomic E-state index is 0.319. The summed E-state index contributed by atoms with van der Waals surface area (Å²) in [5.74, 6) is 1.88. The molecule has 20 heavy (non-hydrogen) atoms. The zero-order valence-corrected chi connectivity index (χ0v) is 10.9. The van der Waals surface area contributed by atoms with Crippen LogP contribution in [0.1, 0.15) is 12.2 Å². The molecule has 6 heteroatoms. The van der Waals surface area contributed by atoms with Gasteiger partial charge >= 0.3 is 0 Å². The molecule has 3 aromatic rings. The fourth-order valence-electron chi connectivity index (χ4n) is 2.59. The van der Waals surface area contributed by atoms with Gasteiger partial charge in [0.2, 0.25) is 0 Å². The van der Waals surface area contributed by atoms with Crippen LogP contribution in [0.5, 0.6) is 0 Å². The largest absolute Gasteiger partial charge is 0.364 e. The number of rotatable bonds is 2. The Labute approximate surface area is 115 Å². The molecule has 3 heterocycles. The normalized spacial score (nSPS) is 17.9. The monoisotopic (exact) mass is 266 g/mol. The van der Waals surface area contributed by atoms with Gasteiger partial charge in [-0.2, -0.15) is 5.10 Å². The maximum atomic E-state index is 4.59. The van der Waals surface area contributed by atoms with Crippen LogP contribution in [0.25, 0.3) is 11.0 Å². The van der Waals surface area contributed by atoms with Crippen LogP contribution in [-0.2, 0) is 13.0 Å². The van der Waals surface area contributed by atoms with Crippen molar-refractivity contribution < 1.29 is 0 Å². The fourth-order valence-corrected chi connectivity index (χ4v) is 2.59. The van der Waals surface area contributed by atoms with Crippen molar-refractivity contribution in [2.75, 3.05) is 5.32 Å². The molecule has 0 spiro atoms. The second-order valence-corrected chi connectivity index (χ2v) is 4.98. The van der Waals surface area contributed by atoms with Crippen molar-refractivity contribution in [2.45, 2.75) is 25.4 Å². The van der Waals surface area contributed by atoms with Gasteiger partial charge in [-0.1, -0.05) is 12.1 Å². The van der Waals surface area contributed by atoms with Gasteiger partial charge in [0.1, 0.15) is 18.0 Å². The van der Waals surface area contributed by atoms with Crippen LogP contribution < -0.4 is 5.32 Å². The van der Waals surface area contributed by atoms with Gasteiger partial charge in [-0.3, -0.25) is 4.98 Å². The zero-order chi connectivity index (χ0) is 13.4. The summed E-state index contributed by atoms with van der Waals surface area (Å²) in [5.41, 5.74) is 1.83. The third-order valence-corrected chi connectivity index (χ3v) is 3.61. The average Bonchev–Trinajstić information content (AvgIpc) is 2.95. The van der Waals surface area contributed by atoms with E-state index in [4.69, 9.17) is 0 Å². The molecule has 1 aliphatic heterocycles. The molecule has 1 aliphatic rings. The standard InChI is InChI=1S/C14H14N6/c1-2-4-12-11(3-1)15-7-13(19-12)18-10-5-6-14-16-9-17-20(14)8-10/h1-4,7,9-10H,5-6,8H2,(H,18,19)/t10-/m1/s1. The second kappa shape index (κ2) is 4.56. The van der Waals surface area contributed by atoms with Crippen LogP contribution in [0.3, 0.4) is 0 Å². The molecule has 100 valence electrons. The molecule has 1 N–H and O–H groups in total. The molecule has 0 aliphatic carbocycles.